The lowest BCUT2D eigenvalue weighted by Crippen LogP contribution is -2.07. The number of nitrogens with one attached hydrogen (secondary N) is 1. The first-order valence-electron chi connectivity index (χ1n) is 5.67. The van der Waals surface area contributed by atoms with Gasteiger partial charge in [0.25, 0.3) is 0 Å². The molecule has 0 aliphatic rings. The molecule has 2 aromatic rings. The van der Waals surface area contributed by atoms with Gasteiger partial charge in [0.05, 0.1) is 20.3 Å². The molecule has 0 amide bonds. The van der Waals surface area contributed by atoms with Crippen molar-refractivity contribution in [2.24, 2.45) is 0 Å². The maximum Gasteiger partial charge on any atom is 0.355 e. The fraction of sp³-hybridized carbons (Fsp3) is 0.308. The highest BCUT2D eigenvalue weighted by atomic mass is 16.5. The second-order valence-electron chi connectivity index (χ2n) is 3.77. The van der Waals surface area contributed by atoms with Crippen molar-refractivity contribution in [2.75, 3.05) is 13.7 Å². The molecule has 96 valence electrons. The van der Waals surface area contributed by atoms with E-state index in [1.54, 1.807) is 32.2 Å². The summed E-state index contributed by atoms with van der Waals surface area (Å²) in [6.07, 6.45) is 0. The quantitative estimate of drug-likeness (QED) is 0.811. The van der Waals surface area contributed by atoms with E-state index in [-0.39, 0.29) is 6.61 Å². The molecule has 0 atom stereocenters. The van der Waals surface area contributed by atoms with Gasteiger partial charge in [-0.05, 0) is 25.1 Å². The van der Waals surface area contributed by atoms with Gasteiger partial charge in [-0.1, -0.05) is 0 Å². The third kappa shape index (κ3) is 2.04. The average Bonchev–Trinajstić information content (AvgIpc) is 2.76. The van der Waals surface area contributed by atoms with Gasteiger partial charge in [0, 0.05) is 16.5 Å². The third-order valence-electron chi connectivity index (χ3n) is 2.75. The van der Waals surface area contributed by atoms with Crippen molar-refractivity contribution in [3.05, 3.63) is 29.5 Å². The number of rotatable bonds is 4. The molecule has 0 fully saturated rings. The Hall–Kier alpha value is -2.01. The summed E-state index contributed by atoms with van der Waals surface area (Å²) >= 11 is 0. The van der Waals surface area contributed by atoms with Crippen LogP contribution >= 0.6 is 0 Å². The second-order valence-corrected chi connectivity index (χ2v) is 3.77. The van der Waals surface area contributed by atoms with Crippen molar-refractivity contribution in [1.29, 1.82) is 0 Å². The van der Waals surface area contributed by atoms with Gasteiger partial charge in [0.2, 0.25) is 0 Å². The molecule has 2 N–H and O–H groups in total. The van der Waals surface area contributed by atoms with Gasteiger partial charge >= 0.3 is 5.97 Å². The van der Waals surface area contributed by atoms with Crippen LogP contribution in [-0.4, -0.2) is 29.8 Å². The van der Waals surface area contributed by atoms with E-state index in [0.29, 0.717) is 23.6 Å². The molecule has 0 bridgehead atoms. The summed E-state index contributed by atoms with van der Waals surface area (Å²) in [6.45, 7) is 1.80. The van der Waals surface area contributed by atoms with Crippen molar-refractivity contribution in [1.82, 2.24) is 4.98 Å². The average molecular weight is 249 g/mol. The number of hydrogen-bond acceptors (Lipinski definition) is 4. The molecule has 1 aromatic heterocycles. The van der Waals surface area contributed by atoms with Crippen molar-refractivity contribution < 1.29 is 19.4 Å². The van der Waals surface area contributed by atoms with Crippen LogP contribution in [0.25, 0.3) is 10.9 Å². The molecule has 1 aromatic carbocycles. The van der Waals surface area contributed by atoms with E-state index in [2.05, 4.69) is 4.98 Å². The first-order valence-corrected chi connectivity index (χ1v) is 5.67. The molecule has 0 saturated heterocycles. The molecule has 0 saturated carbocycles. The zero-order valence-electron chi connectivity index (χ0n) is 10.3. The Morgan fingerprint density at radius 1 is 1.44 bits per heavy atom. The topological polar surface area (TPSA) is 71.6 Å². The number of aromatic amines is 1. The number of methoxy groups -OCH3 is 1. The van der Waals surface area contributed by atoms with E-state index in [0.717, 1.165) is 10.9 Å². The van der Waals surface area contributed by atoms with Gasteiger partial charge < -0.3 is 19.6 Å². The highest BCUT2D eigenvalue weighted by molar-refractivity contribution is 5.98. The molecule has 1 heterocycles. The van der Waals surface area contributed by atoms with Crippen LogP contribution in [0.2, 0.25) is 0 Å². The number of aliphatic hydroxyl groups excluding tert-OH is 1. The first-order chi connectivity index (χ1) is 8.71. The van der Waals surface area contributed by atoms with Crippen LogP contribution in [-0.2, 0) is 11.3 Å². The smallest absolute Gasteiger partial charge is 0.355 e. The minimum absolute atomic E-state index is 0.235. The number of ether oxygens (including phenoxy) is 2. The molecule has 0 radical (unpaired) electrons. The number of aliphatic hydroxyl groups is 1. The predicted octanol–water partition coefficient (Wildman–Crippen LogP) is 1.85. The van der Waals surface area contributed by atoms with E-state index >= 15 is 0 Å². The maximum atomic E-state index is 11.8. The van der Waals surface area contributed by atoms with E-state index in [4.69, 9.17) is 9.47 Å². The van der Waals surface area contributed by atoms with Crippen LogP contribution in [0, 0.1) is 0 Å². The number of fused-ring (bicyclic) bond motifs is 1. The standard InChI is InChI=1S/C13H15NO4/c1-3-18-13(16)12-10(7-15)9-6-8(17-2)4-5-11(9)14-12/h4-6,14-15H,3,7H2,1-2H3. The molecule has 5 nitrogen and oxygen atoms in total. The molecular weight excluding hydrogens is 234 g/mol. The third-order valence-corrected chi connectivity index (χ3v) is 2.75. The highest BCUT2D eigenvalue weighted by Crippen LogP contribution is 2.27. The Balaban J connectivity index is 2.57. The summed E-state index contributed by atoms with van der Waals surface area (Å²) in [5.74, 6) is 0.211. The lowest BCUT2D eigenvalue weighted by Gasteiger charge is -2.02. The van der Waals surface area contributed by atoms with Gasteiger partial charge in [0.1, 0.15) is 11.4 Å². The van der Waals surface area contributed by atoms with Crippen LogP contribution in [0.1, 0.15) is 23.0 Å². The van der Waals surface area contributed by atoms with Gasteiger partial charge in [-0.25, -0.2) is 4.79 Å². The zero-order chi connectivity index (χ0) is 13.1. The van der Waals surface area contributed by atoms with Crippen LogP contribution < -0.4 is 4.74 Å². The van der Waals surface area contributed by atoms with Crippen molar-refractivity contribution >= 4 is 16.9 Å². The van der Waals surface area contributed by atoms with Gasteiger partial charge in [0.15, 0.2) is 0 Å². The molecule has 0 aliphatic carbocycles. The van der Waals surface area contributed by atoms with Gasteiger partial charge in [-0.3, -0.25) is 0 Å². The normalized spacial score (nSPS) is 10.6. The molecule has 5 heteroatoms. The Morgan fingerprint density at radius 2 is 2.22 bits per heavy atom. The fourth-order valence-electron chi connectivity index (χ4n) is 1.90. The first kappa shape index (κ1) is 12.4. The van der Waals surface area contributed by atoms with E-state index < -0.39 is 5.97 Å². The molecule has 0 unspecified atom stereocenters. The highest BCUT2D eigenvalue weighted by Gasteiger charge is 2.18. The molecule has 18 heavy (non-hydrogen) atoms. The summed E-state index contributed by atoms with van der Waals surface area (Å²) < 4.78 is 10.1. The van der Waals surface area contributed by atoms with Crippen LogP contribution in [0.15, 0.2) is 18.2 Å². The number of carbonyl (C=O) groups excluding carboxylic acids is 1. The summed E-state index contributed by atoms with van der Waals surface area (Å²) in [4.78, 5) is 14.7. The summed E-state index contributed by atoms with van der Waals surface area (Å²) in [6, 6.07) is 5.37. The Morgan fingerprint density at radius 3 is 2.83 bits per heavy atom. The van der Waals surface area contributed by atoms with E-state index in [1.807, 2.05) is 0 Å². The maximum absolute atomic E-state index is 11.8. The number of aromatic nitrogens is 1. The fourth-order valence-corrected chi connectivity index (χ4v) is 1.90. The number of carbonyl (C=O) groups is 1. The van der Waals surface area contributed by atoms with Gasteiger partial charge in [-0.2, -0.15) is 0 Å². The molecule has 2 rings (SSSR count). The van der Waals surface area contributed by atoms with E-state index in [1.165, 1.54) is 0 Å². The molecular formula is C13H15NO4. The number of benzene rings is 1. The Labute approximate surface area is 104 Å². The van der Waals surface area contributed by atoms with Crippen molar-refractivity contribution in [2.45, 2.75) is 13.5 Å². The van der Waals surface area contributed by atoms with Gasteiger partial charge in [-0.15, -0.1) is 0 Å². The monoisotopic (exact) mass is 249 g/mol. The second kappa shape index (κ2) is 5.10. The number of hydrogen-bond donors (Lipinski definition) is 2. The predicted molar refractivity (Wildman–Crippen MR) is 66.7 cm³/mol. The van der Waals surface area contributed by atoms with Crippen LogP contribution in [0.4, 0.5) is 0 Å². The number of H-pyrrole nitrogens is 1. The molecule has 0 aliphatic heterocycles. The van der Waals surface area contributed by atoms with E-state index in [9.17, 15) is 9.90 Å². The zero-order valence-corrected chi connectivity index (χ0v) is 10.3. The number of esters is 1. The van der Waals surface area contributed by atoms with Crippen LogP contribution in [0.5, 0.6) is 5.75 Å². The Bertz CT molecular complexity index is 574. The minimum Gasteiger partial charge on any atom is -0.497 e. The lowest BCUT2D eigenvalue weighted by molar-refractivity contribution is 0.0517. The Kier molecular flexibility index (Phi) is 3.53. The lowest BCUT2D eigenvalue weighted by atomic mass is 10.1. The SMILES string of the molecule is CCOC(=O)c1[nH]c2ccc(OC)cc2c1CO. The minimum atomic E-state index is -0.461. The summed E-state index contributed by atoms with van der Waals surface area (Å²) in [5, 5.41) is 10.2. The van der Waals surface area contributed by atoms with Crippen molar-refractivity contribution in [3.63, 3.8) is 0 Å². The van der Waals surface area contributed by atoms with Crippen LogP contribution in [0.3, 0.4) is 0 Å². The summed E-state index contributed by atoms with van der Waals surface area (Å²) in [5.41, 5.74) is 1.59. The largest absolute Gasteiger partial charge is 0.497 e. The summed E-state index contributed by atoms with van der Waals surface area (Å²) in [7, 11) is 1.57. The van der Waals surface area contributed by atoms with Crippen molar-refractivity contribution in [3.8, 4) is 5.75 Å². The molecule has 0 spiro atoms.